The fourth-order valence-corrected chi connectivity index (χ4v) is 2.47. The second-order valence-corrected chi connectivity index (χ2v) is 5.64. The monoisotopic (exact) mass is 351 g/mol. The van der Waals surface area contributed by atoms with Gasteiger partial charge >= 0.3 is 0 Å². The molecule has 0 radical (unpaired) electrons. The molecule has 3 rings (SSSR count). The molecule has 7 heteroatoms. The van der Waals surface area contributed by atoms with E-state index < -0.39 is 0 Å². The van der Waals surface area contributed by atoms with E-state index in [2.05, 4.69) is 44.9 Å². The van der Waals surface area contributed by atoms with Crippen molar-refractivity contribution >= 4 is 17.5 Å². The van der Waals surface area contributed by atoms with Gasteiger partial charge in [0.05, 0.1) is 26.1 Å². The van der Waals surface area contributed by atoms with E-state index in [0.29, 0.717) is 29.8 Å². The summed E-state index contributed by atoms with van der Waals surface area (Å²) in [5.41, 5.74) is 3.13. The summed E-state index contributed by atoms with van der Waals surface area (Å²) >= 11 is 0. The zero-order valence-corrected chi connectivity index (χ0v) is 15.0. The van der Waals surface area contributed by atoms with Crippen molar-refractivity contribution in [2.45, 2.75) is 13.5 Å². The first-order valence-corrected chi connectivity index (χ1v) is 8.16. The van der Waals surface area contributed by atoms with Gasteiger partial charge < -0.3 is 20.1 Å². The standard InChI is InChI=1S/C19H21N5O2/c1-13-6-4-5-7-14(13)11-20-19-23-18(12-21-24-19)22-16-10-15(25-2)8-9-17(16)26-3/h4-10,12H,11H2,1-3H3,(H2,20,22,23,24). The van der Waals surface area contributed by atoms with Crippen molar-refractivity contribution in [1.29, 1.82) is 0 Å². The van der Waals surface area contributed by atoms with Gasteiger partial charge in [0.1, 0.15) is 11.5 Å². The molecule has 0 saturated carbocycles. The van der Waals surface area contributed by atoms with Crippen LogP contribution in [-0.2, 0) is 6.54 Å². The molecule has 0 saturated heterocycles. The predicted octanol–water partition coefficient (Wildman–Crippen LogP) is 3.55. The molecule has 0 bridgehead atoms. The van der Waals surface area contributed by atoms with Crippen LogP contribution in [0.15, 0.2) is 48.7 Å². The number of aromatic nitrogens is 3. The summed E-state index contributed by atoms with van der Waals surface area (Å²) in [6.45, 7) is 2.70. The van der Waals surface area contributed by atoms with E-state index in [9.17, 15) is 0 Å². The molecule has 2 N–H and O–H groups in total. The van der Waals surface area contributed by atoms with Gasteiger partial charge in [-0.25, -0.2) is 0 Å². The van der Waals surface area contributed by atoms with Crippen molar-refractivity contribution in [3.63, 3.8) is 0 Å². The predicted molar refractivity (Wildman–Crippen MR) is 101 cm³/mol. The molecular weight excluding hydrogens is 330 g/mol. The van der Waals surface area contributed by atoms with Crippen LogP contribution in [0.5, 0.6) is 11.5 Å². The molecule has 0 aliphatic rings. The third-order valence-corrected chi connectivity index (χ3v) is 3.93. The number of methoxy groups -OCH3 is 2. The van der Waals surface area contributed by atoms with Gasteiger partial charge in [-0.2, -0.15) is 10.1 Å². The summed E-state index contributed by atoms with van der Waals surface area (Å²) in [6.07, 6.45) is 1.55. The number of nitrogens with zero attached hydrogens (tertiary/aromatic N) is 3. The number of ether oxygens (including phenoxy) is 2. The maximum absolute atomic E-state index is 5.37. The summed E-state index contributed by atoms with van der Waals surface area (Å²) in [6, 6.07) is 13.7. The van der Waals surface area contributed by atoms with E-state index >= 15 is 0 Å². The molecule has 1 heterocycles. The van der Waals surface area contributed by atoms with Gasteiger partial charge in [-0.15, -0.1) is 5.10 Å². The molecule has 0 fully saturated rings. The van der Waals surface area contributed by atoms with Crippen LogP contribution in [0.3, 0.4) is 0 Å². The molecule has 0 aliphatic heterocycles. The third-order valence-electron chi connectivity index (χ3n) is 3.93. The molecule has 0 unspecified atom stereocenters. The maximum atomic E-state index is 5.37. The number of rotatable bonds is 7. The quantitative estimate of drug-likeness (QED) is 0.673. The van der Waals surface area contributed by atoms with Crippen LogP contribution in [0.25, 0.3) is 0 Å². The van der Waals surface area contributed by atoms with Crippen molar-refractivity contribution in [1.82, 2.24) is 15.2 Å². The average molecular weight is 351 g/mol. The molecule has 0 amide bonds. The van der Waals surface area contributed by atoms with Crippen LogP contribution >= 0.6 is 0 Å². The number of hydrogen-bond donors (Lipinski definition) is 2. The fourth-order valence-electron chi connectivity index (χ4n) is 2.47. The average Bonchev–Trinajstić information content (AvgIpc) is 2.67. The highest BCUT2D eigenvalue weighted by Gasteiger charge is 2.08. The van der Waals surface area contributed by atoms with Crippen molar-refractivity contribution < 1.29 is 9.47 Å². The highest BCUT2D eigenvalue weighted by molar-refractivity contribution is 5.66. The Hall–Kier alpha value is -3.35. The Balaban J connectivity index is 1.74. The van der Waals surface area contributed by atoms with E-state index in [1.54, 1.807) is 20.4 Å². The first-order valence-electron chi connectivity index (χ1n) is 8.16. The Kier molecular flexibility index (Phi) is 5.48. The molecular formula is C19H21N5O2. The Morgan fingerprint density at radius 3 is 2.65 bits per heavy atom. The minimum Gasteiger partial charge on any atom is -0.497 e. The number of anilines is 3. The summed E-state index contributed by atoms with van der Waals surface area (Å²) < 4.78 is 10.6. The molecule has 26 heavy (non-hydrogen) atoms. The van der Waals surface area contributed by atoms with Gasteiger partial charge in [0.2, 0.25) is 5.95 Å². The first kappa shape index (κ1) is 17.5. The zero-order valence-electron chi connectivity index (χ0n) is 15.0. The number of benzene rings is 2. The molecule has 1 aromatic heterocycles. The number of aryl methyl sites for hydroxylation is 1. The van der Waals surface area contributed by atoms with Crippen LogP contribution in [-0.4, -0.2) is 29.4 Å². The second-order valence-electron chi connectivity index (χ2n) is 5.64. The Morgan fingerprint density at radius 1 is 1.04 bits per heavy atom. The lowest BCUT2D eigenvalue weighted by Crippen LogP contribution is -2.07. The Morgan fingerprint density at radius 2 is 1.88 bits per heavy atom. The Bertz CT molecular complexity index is 885. The molecule has 134 valence electrons. The molecule has 2 aromatic carbocycles. The molecule has 0 spiro atoms. The normalized spacial score (nSPS) is 10.3. The largest absolute Gasteiger partial charge is 0.497 e. The fraction of sp³-hybridized carbons (Fsp3) is 0.211. The van der Waals surface area contributed by atoms with Crippen LogP contribution in [0.1, 0.15) is 11.1 Å². The lowest BCUT2D eigenvalue weighted by Gasteiger charge is -2.12. The van der Waals surface area contributed by atoms with Crippen molar-refractivity contribution in [3.05, 3.63) is 59.8 Å². The lowest BCUT2D eigenvalue weighted by atomic mass is 10.1. The highest BCUT2D eigenvalue weighted by Crippen LogP contribution is 2.30. The first-order chi connectivity index (χ1) is 12.7. The van der Waals surface area contributed by atoms with Crippen molar-refractivity contribution in [2.75, 3.05) is 24.9 Å². The van der Waals surface area contributed by atoms with Crippen molar-refractivity contribution in [2.24, 2.45) is 0 Å². The van der Waals surface area contributed by atoms with Gasteiger partial charge in [-0.05, 0) is 30.2 Å². The minimum absolute atomic E-state index is 0.445. The lowest BCUT2D eigenvalue weighted by molar-refractivity contribution is 0.405. The third kappa shape index (κ3) is 4.18. The smallest absolute Gasteiger partial charge is 0.244 e. The van der Waals surface area contributed by atoms with Gasteiger partial charge in [0.25, 0.3) is 0 Å². The summed E-state index contributed by atoms with van der Waals surface area (Å²) in [4.78, 5) is 4.45. The van der Waals surface area contributed by atoms with Gasteiger partial charge in [0.15, 0.2) is 5.82 Å². The SMILES string of the molecule is COc1ccc(OC)c(Nc2cnnc(NCc3ccccc3C)n2)c1. The van der Waals surface area contributed by atoms with Crippen LogP contribution in [0, 0.1) is 6.92 Å². The van der Waals surface area contributed by atoms with E-state index in [1.165, 1.54) is 11.1 Å². The van der Waals surface area contributed by atoms with Crippen LogP contribution < -0.4 is 20.1 Å². The summed E-state index contributed by atoms with van der Waals surface area (Å²) in [7, 11) is 3.23. The van der Waals surface area contributed by atoms with Gasteiger partial charge in [0, 0.05) is 12.6 Å². The second kappa shape index (κ2) is 8.15. The highest BCUT2D eigenvalue weighted by atomic mass is 16.5. The van der Waals surface area contributed by atoms with E-state index in [-0.39, 0.29) is 0 Å². The Labute approximate surface area is 152 Å². The zero-order chi connectivity index (χ0) is 18.4. The summed E-state index contributed by atoms with van der Waals surface area (Å²) in [5, 5.41) is 14.4. The molecule has 3 aromatic rings. The van der Waals surface area contributed by atoms with Crippen LogP contribution in [0.2, 0.25) is 0 Å². The number of nitrogens with one attached hydrogen (secondary N) is 2. The van der Waals surface area contributed by atoms with E-state index in [1.807, 2.05) is 30.3 Å². The van der Waals surface area contributed by atoms with E-state index in [0.717, 1.165) is 5.69 Å². The number of hydrogen-bond acceptors (Lipinski definition) is 7. The molecule has 7 nitrogen and oxygen atoms in total. The van der Waals surface area contributed by atoms with Gasteiger partial charge in [-0.1, -0.05) is 24.3 Å². The van der Waals surface area contributed by atoms with E-state index in [4.69, 9.17) is 9.47 Å². The maximum Gasteiger partial charge on any atom is 0.244 e. The minimum atomic E-state index is 0.445. The summed E-state index contributed by atoms with van der Waals surface area (Å²) in [5.74, 6) is 2.39. The van der Waals surface area contributed by atoms with Gasteiger partial charge in [-0.3, -0.25) is 0 Å². The van der Waals surface area contributed by atoms with Crippen LogP contribution in [0.4, 0.5) is 17.5 Å². The molecule has 0 aliphatic carbocycles. The topological polar surface area (TPSA) is 81.2 Å². The molecule has 0 atom stereocenters. The van der Waals surface area contributed by atoms with Crippen molar-refractivity contribution in [3.8, 4) is 11.5 Å².